The van der Waals surface area contributed by atoms with Crippen LogP contribution >= 0.6 is 0 Å². The van der Waals surface area contributed by atoms with Crippen LogP contribution in [-0.2, 0) is 20.8 Å². The standard InChI is InChI=1S/C25H29N5O6/c26-17-19-1-2-20-4-8-30(23(20)15-19)18-22-16-21(3-5-27-22)24(31)28-6-9-34-11-13-36-14-12-35-10-7-29-25(32)33/h1-5,8,15-16,29H,6-7,9-14,18H2,(H,28,31)(H,32,33). The second-order valence-electron chi connectivity index (χ2n) is 7.69. The summed E-state index contributed by atoms with van der Waals surface area (Å²) >= 11 is 0. The quantitative estimate of drug-likeness (QED) is 0.271. The van der Waals surface area contributed by atoms with Crippen molar-refractivity contribution < 1.29 is 28.9 Å². The number of nitrogens with one attached hydrogen (secondary N) is 2. The average Bonchev–Trinajstić information content (AvgIpc) is 3.28. The van der Waals surface area contributed by atoms with Crippen LogP contribution in [0, 0.1) is 11.3 Å². The van der Waals surface area contributed by atoms with Crippen molar-refractivity contribution in [1.29, 1.82) is 5.26 Å². The summed E-state index contributed by atoms with van der Waals surface area (Å²) in [6, 6.07) is 13.1. The molecule has 1 aromatic carbocycles. The normalized spacial score (nSPS) is 10.8. The van der Waals surface area contributed by atoms with Crippen LogP contribution in [0.3, 0.4) is 0 Å². The Hall–Kier alpha value is -3.98. The number of carbonyl (C=O) groups is 2. The van der Waals surface area contributed by atoms with Gasteiger partial charge in [-0.05, 0) is 35.7 Å². The highest BCUT2D eigenvalue weighted by molar-refractivity contribution is 5.94. The molecule has 0 bridgehead atoms. The molecule has 2 aromatic heterocycles. The number of carboxylic acid groups (broad SMARTS) is 1. The van der Waals surface area contributed by atoms with E-state index in [1.165, 1.54) is 0 Å². The first kappa shape index (κ1) is 26.6. The largest absolute Gasteiger partial charge is 0.465 e. The molecule has 0 spiro atoms. The number of ether oxygens (including phenoxy) is 3. The number of amides is 2. The molecule has 0 saturated heterocycles. The van der Waals surface area contributed by atoms with Crippen LogP contribution in [0.4, 0.5) is 4.79 Å². The van der Waals surface area contributed by atoms with Crippen molar-refractivity contribution in [2.45, 2.75) is 6.54 Å². The monoisotopic (exact) mass is 495 g/mol. The third-order valence-corrected chi connectivity index (χ3v) is 5.11. The molecule has 0 unspecified atom stereocenters. The van der Waals surface area contributed by atoms with Crippen molar-refractivity contribution in [3.8, 4) is 6.07 Å². The fraction of sp³-hybridized carbons (Fsp3) is 0.360. The number of nitrogens with zero attached hydrogens (tertiary/aromatic N) is 3. The van der Waals surface area contributed by atoms with Gasteiger partial charge in [0.15, 0.2) is 0 Å². The number of pyridine rings is 1. The van der Waals surface area contributed by atoms with Crippen molar-refractivity contribution in [2.75, 3.05) is 52.7 Å². The summed E-state index contributed by atoms with van der Waals surface area (Å²) in [6.07, 6.45) is 2.47. The second kappa shape index (κ2) is 14.4. The number of hydrogen-bond donors (Lipinski definition) is 3. The smallest absolute Gasteiger partial charge is 0.404 e. The molecule has 3 rings (SSSR count). The minimum atomic E-state index is -1.08. The van der Waals surface area contributed by atoms with Gasteiger partial charge in [0.25, 0.3) is 5.91 Å². The molecule has 0 atom stereocenters. The average molecular weight is 496 g/mol. The van der Waals surface area contributed by atoms with E-state index in [2.05, 4.69) is 21.7 Å². The molecule has 0 radical (unpaired) electrons. The summed E-state index contributed by atoms with van der Waals surface area (Å²) in [5.74, 6) is -0.211. The Morgan fingerprint density at radius 2 is 1.64 bits per heavy atom. The summed E-state index contributed by atoms with van der Waals surface area (Å²) in [6.45, 7) is 3.24. The first-order valence-corrected chi connectivity index (χ1v) is 11.5. The Labute approximate surface area is 208 Å². The maximum atomic E-state index is 12.5. The lowest BCUT2D eigenvalue weighted by Crippen LogP contribution is -2.28. The fourth-order valence-electron chi connectivity index (χ4n) is 3.38. The molecular formula is C25H29N5O6. The van der Waals surface area contributed by atoms with Gasteiger partial charge >= 0.3 is 6.09 Å². The molecule has 11 nitrogen and oxygen atoms in total. The van der Waals surface area contributed by atoms with Crippen molar-refractivity contribution in [1.82, 2.24) is 20.2 Å². The first-order chi connectivity index (χ1) is 17.6. The van der Waals surface area contributed by atoms with E-state index in [1.807, 2.05) is 29.0 Å². The van der Waals surface area contributed by atoms with Gasteiger partial charge in [0, 0.05) is 36.6 Å². The highest BCUT2D eigenvalue weighted by Crippen LogP contribution is 2.18. The maximum Gasteiger partial charge on any atom is 0.404 e. The minimum Gasteiger partial charge on any atom is -0.465 e. The van der Waals surface area contributed by atoms with Crippen molar-refractivity contribution >= 4 is 22.9 Å². The Morgan fingerprint density at radius 1 is 0.944 bits per heavy atom. The summed E-state index contributed by atoms with van der Waals surface area (Å²) in [5, 5.41) is 23.6. The molecule has 2 amide bonds. The predicted molar refractivity (Wildman–Crippen MR) is 131 cm³/mol. The van der Waals surface area contributed by atoms with E-state index in [0.29, 0.717) is 57.3 Å². The number of benzene rings is 1. The molecular weight excluding hydrogens is 466 g/mol. The Balaban J connectivity index is 1.31. The third-order valence-electron chi connectivity index (χ3n) is 5.11. The number of aromatic nitrogens is 2. The molecule has 0 fully saturated rings. The fourth-order valence-corrected chi connectivity index (χ4v) is 3.38. The third kappa shape index (κ3) is 8.66. The van der Waals surface area contributed by atoms with Gasteiger partial charge < -0.3 is 34.5 Å². The number of nitriles is 1. The molecule has 3 N–H and O–H groups in total. The van der Waals surface area contributed by atoms with Gasteiger partial charge in [0.05, 0.1) is 63.5 Å². The van der Waals surface area contributed by atoms with Crippen LogP contribution in [0.1, 0.15) is 21.6 Å². The molecule has 2 heterocycles. The van der Waals surface area contributed by atoms with Crippen molar-refractivity contribution in [2.24, 2.45) is 0 Å². The Morgan fingerprint density at radius 3 is 2.33 bits per heavy atom. The number of hydrogen-bond acceptors (Lipinski definition) is 7. The minimum absolute atomic E-state index is 0.211. The van der Waals surface area contributed by atoms with E-state index in [9.17, 15) is 9.59 Å². The first-order valence-electron chi connectivity index (χ1n) is 11.5. The molecule has 190 valence electrons. The molecule has 0 aliphatic carbocycles. The van der Waals surface area contributed by atoms with Gasteiger partial charge in [-0.2, -0.15) is 5.26 Å². The van der Waals surface area contributed by atoms with Gasteiger partial charge in [-0.3, -0.25) is 9.78 Å². The lowest BCUT2D eigenvalue weighted by atomic mass is 10.2. The molecule has 3 aromatic rings. The number of carbonyl (C=O) groups excluding carboxylic acids is 1. The van der Waals surface area contributed by atoms with Crippen LogP contribution in [0.15, 0.2) is 48.8 Å². The molecule has 0 aliphatic rings. The van der Waals surface area contributed by atoms with Crippen molar-refractivity contribution in [3.63, 3.8) is 0 Å². The topological polar surface area (TPSA) is 148 Å². The predicted octanol–water partition coefficient (Wildman–Crippen LogP) is 2.00. The summed E-state index contributed by atoms with van der Waals surface area (Å²) in [7, 11) is 0. The SMILES string of the molecule is N#Cc1ccc2ccn(Cc3cc(C(=O)NCCOCCOCCOCCNC(=O)O)ccn3)c2c1. The van der Waals surface area contributed by atoms with Gasteiger partial charge in [-0.25, -0.2) is 4.79 Å². The van der Waals surface area contributed by atoms with E-state index in [4.69, 9.17) is 24.6 Å². The lowest BCUT2D eigenvalue weighted by molar-refractivity contribution is 0.0158. The molecule has 0 saturated carbocycles. The van der Waals surface area contributed by atoms with Gasteiger partial charge in [0.2, 0.25) is 0 Å². The molecule has 36 heavy (non-hydrogen) atoms. The maximum absolute atomic E-state index is 12.5. The zero-order valence-electron chi connectivity index (χ0n) is 19.8. The zero-order chi connectivity index (χ0) is 25.6. The number of rotatable bonds is 15. The highest BCUT2D eigenvalue weighted by atomic mass is 16.5. The van der Waals surface area contributed by atoms with Crippen molar-refractivity contribution in [3.05, 3.63) is 65.6 Å². The van der Waals surface area contributed by atoms with Crippen LogP contribution in [0.25, 0.3) is 10.9 Å². The van der Waals surface area contributed by atoms with Crippen LogP contribution in [-0.4, -0.2) is 79.4 Å². The summed E-state index contributed by atoms with van der Waals surface area (Å²) in [4.78, 5) is 27.2. The summed E-state index contributed by atoms with van der Waals surface area (Å²) in [5.41, 5.74) is 2.77. The van der Waals surface area contributed by atoms with Crippen LogP contribution in [0.2, 0.25) is 0 Å². The van der Waals surface area contributed by atoms with E-state index in [1.54, 1.807) is 24.4 Å². The zero-order valence-corrected chi connectivity index (χ0v) is 19.8. The van der Waals surface area contributed by atoms with E-state index >= 15 is 0 Å². The molecule has 0 aliphatic heterocycles. The van der Waals surface area contributed by atoms with Gasteiger partial charge in [-0.1, -0.05) is 6.07 Å². The van der Waals surface area contributed by atoms with E-state index < -0.39 is 6.09 Å². The van der Waals surface area contributed by atoms with E-state index in [0.717, 1.165) is 16.6 Å². The van der Waals surface area contributed by atoms with Crippen LogP contribution in [0.5, 0.6) is 0 Å². The second-order valence-corrected chi connectivity index (χ2v) is 7.69. The summed E-state index contributed by atoms with van der Waals surface area (Å²) < 4.78 is 18.0. The molecule has 11 heteroatoms. The lowest BCUT2D eigenvalue weighted by Gasteiger charge is -2.09. The van der Waals surface area contributed by atoms with Gasteiger partial charge in [0.1, 0.15) is 0 Å². The highest BCUT2D eigenvalue weighted by Gasteiger charge is 2.09. The number of fused-ring (bicyclic) bond motifs is 1. The van der Waals surface area contributed by atoms with Crippen LogP contribution < -0.4 is 10.6 Å². The Kier molecular flexibility index (Phi) is 10.7. The van der Waals surface area contributed by atoms with Gasteiger partial charge in [-0.15, -0.1) is 0 Å². The van der Waals surface area contributed by atoms with E-state index in [-0.39, 0.29) is 19.1 Å². The Bertz CT molecular complexity index is 1190.